The molecule has 0 aliphatic heterocycles. The van der Waals surface area contributed by atoms with E-state index in [2.05, 4.69) is 10.2 Å². The predicted octanol–water partition coefficient (Wildman–Crippen LogP) is 1.41. The second-order valence-corrected chi connectivity index (χ2v) is 9.90. The van der Waals surface area contributed by atoms with Crippen LogP contribution >= 0.6 is 0 Å². The molecule has 0 amide bonds. The van der Waals surface area contributed by atoms with Gasteiger partial charge in [0.05, 0.1) is 15.6 Å². The average molecular weight is 473 g/mol. The number of aromatic nitrogens is 4. The molecule has 4 aromatic rings. The standard InChI is InChI=1S/C20H17N5O5S2/c1-14-6-8-15(9-7-14)24-22-20(18-4-2-3-5-19(18)32(28,29)30)23-25(24)16-10-12-17(13-11-16)31(21,26)27/h2-13H,1H3,(H2-,21,26,27,28,29,30)/p+1. The number of sulfonamides is 1. The van der Waals surface area contributed by atoms with Crippen molar-refractivity contribution >= 4 is 20.1 Å². The lowest BCUT2D eigenvalue weighted by Gasteiger charge is -2.02. The molecule has 1 aromatic heterocycles. The molecule has 0 aliphatic rings. The normalized spacial score (nSPS) is 12.1. The number of nitrogens with two attached hydrogens (primary N) is 1. The monoisotopic (exact) mass is 472 g/mol. The van der Waals surface area contributed by atoms with Crippen molar-refractivity contribution in [2.45, 2.75) is 16.7 Å². The molecular formula is C20H18N5O5S2+. The van der Waals surface area contributed by atoms with Gasteiger partial charge in [0.15, 0.2) is 5.69 Å². The molecule has 0 aliphatic carbocycles. The summed E-state index contributed by atoms with van der Waals surface area (Å²) in [4.78, 5) is 2.41. The third kappa shape index (κ3) is 4.29. The van der Waals surface area contributed by atoms with Crippen molar-refractivity contribution in [3.05, 3.63) is 78.4 Å². The van der Waals surface area contributed by atoms with Gasteiger partial charge in [0.25, 0.3) is 10.1 Å². The van der Waals surface area contributed by atoms with Crippen molar-refractivity contribution in [1.29, 1.82) is 0 Å². The van der Waals surface area contributed by atoms with Gasteiger partial charge in [-0.05, 0) is 65.3 Å². The zero-order chi connectivity index (χ0) is 23.1. The van der Waals surface area contributed by atoms with Crippen LogP contribution in [0.3, 0.4) is 0 Å². The fourth-order valence-electron chi connectivity index (χ4n) is 3.05. The van der Waals surface area contributed by atoms with Gasteiger partial charge in [-0.2, -0.15) is 8.42 Å². The van der Waals surface area contributed by atoms with Gasteiger partial charge < -0.3 is 0 Å². The molecule has 10 nitrogen and oxygen atoms in total. The zero-order valence-electron chi connectivity index (χ0n) is 16.7. The Balaban J connectivity index is 1.94. The first-order valence-electron chi connectivity index (χ1n) is 9.21. The molecule has 0 unspecified atom stereocenters. The molecule has 3 N–H and O–H groups in total. The Morgan fingerprint density at radius 3 is 2.12 bits per heavy atom. The smallest absolute Gasteiger partial charge is 0.282 e. The molecule has 0 spiro atoms. The Labute approximate surface area is 184 Å². The predicted molar refractivity (Wildman–Crippen MR) is 114 cm³/mol. The van der Waals surface area contributed by atoms with Crippen LogP contribution in [0.15, 0.2) is 82.6 Å². The van der Waals surface area contributed by atoms with Crippen molar-refractivity contribution < 1.29 is 26.2 Å². The Morgan fingerprint density at radius 2 is 1.53 bits per heavy atom. The first-order valence-corrected chi connectivity index (χ1v) is 12.2. The van der Waals surface area contributed by atoms with E-state index in [-0.39, 0.29) is 21.2 Å². The third-order valence-corrected chi connectivity index (χ3v) is 6.47. The van der Waals surface area contributed by atoms with E-state index in [0.29, 0.717) is 11.4 Å². The van der Waals surface area contributed by atoms with Crippen molar-refractivity contribution in [2.75, 3.05) is 0 Å². The third-order valence-electron chi connectivity index (χ3n) is 4.63. The molecule has 0 bridgehead atoms. The molecule has 32 heavy (non-hydrogen) atoms. The number of hydrogen-bond acceptors (Lipinski definition) is 6. The SMILES string of the molecule is Cc1ccc(-[n+]2nc(-c3ccccc3S(=O)(=O)O)nn2-c2ccc(S(N)(=O)=O)cc2)cc1. The highest BCUT2D eigenvalue weighted by atomic mass is 32.2. The Kier molecular flexibility index (Phi) is 5.38. The average Bonchev–Trinajstić information content (AvgIpc) is 3.18. The second-order valence-electron chi connectivity index (χ2n) is 6.95. The van der Waals surface area contributed by atoms with Crippen LogP contribution in [0.4, 0.5) is 0 Å². The maximum Gasteiger partial charge on any atom is 0.341 e. The molecule has 164 valence electrons. The number of rotatable bonds is 5. The van der Waals surface area contributed by atoms with Gasteiger partial charge in [-0.25, -0.2) is 13.6 Å². The molecule has 0 saturated heterocycles. The molecule has 0 atom stereocenters. The van der Waals surface area contributed by atoms with E-state index in [1.807, 2.05) is 19.1 Å². The van der Waals surface area contributed by atoms with Gasteiger partial charge in [0.1, 0.15) is 10.6 Å². The molecule has 12 heteroatoms. The van der Waals surface area contributed by atoms with Gasteiger partial charge in [-0.15, -0.1) is 0 Å². The summed E-state index contributed by atoms with van der Waals surface area (Å²) >= 11 is 0. The number of benzene rings is 3. The van der Waals surface area contributed by atoms with Crippen molar-refractivity contribution in [2.24, 2.45) is 5.14 Å². The molecule has 0 radical (unpaired) electrons. The Hall–Kier alpha value is -3.45. The molecule has 3 aromatic carbocycles. The quantitative estimate of drug-likeness (QED) is 0.329. The first kappa shape index (κ1) is 21.8. The van der Waals surface area contributed by atoms with Crippen LogP contribution in [0, 0.1) is 6.92 Å². The van der Waals surface area contributed by atoms with E-state index < -0.39 is 20.1 Å². The van der Waals surface area contributed by atoms with Gasteiger partial charge in [0, 0.05) is 4.80 Å². The lowest BCUT2D eigenvalue weighted by molar-refractivity contribution is -0.734. The molecule has 1 heterocycles. The van der Waals surface area contributed by atoms with Crippen molar-refractivity contribution in [3.63, 3.8) is 0 Å². The fraction of sp³-hybridized carbons (Fsp3) is 0.0500. The van der Waals surface area contributed by atoms with Crippen LogP contribution in [0.2, 0.25) is 0 Å². The van der Waals surface area contributed by atoms with Crippen LogP contribution in [0.25, 0.3) is 22.8 Å². The zero-order valence-corrected chi connectivity index (χ0v) is 18.3. The summed E-state index contributed by atoms with van der Waals surface area (Å²) in [5.74, 6) is 0.0364. The molecule has 4 rings (SSSR count). The number of tetrazole rings is 1. The van der Waals surface area contributed by atoms with E-state index in [0.717, 1.165) is 5.56 Å². The highest BCUT2D eigenvalue weighted by molar-refractivity contribution is 7.89. The molecule has 0 fully saturated rings. The summed E-state index contributed by atoms with van der Waals surface area (Å²) in [6.45, 7) is 1.93. The maximum absolute atomic E-state index is 11.8. The summed E-state index contributed by atoms with van der Waals surface area (Å²) in [5, 5.41) is 14.0. The van der Waals surface area contributed by atoms with Gasteiger partial charge in [-0.3, -0.25) is 4.55 Å². The summed E-state index contributed by atoms with van der Waals surface area (Å²) in [6.07, 6.45) is 0. The number of nitrogens with zero attached hydrogens (tertiary/aromatic N) is 4. The lowest BCUT2D eigenvalue weighted by atomic mass is 10.2. The van der Waals surface area contributed by atoms with E-state index >= 15 is 0 Å². The van der Waals surface area contributed by atoms with Gasteiger partial charge in [0.2, 0.25) is 10.0 Å². The maximum atomic E-state index is 11.8. The Bertz CT molecular complexity index is 1510. The highest BCUT2D eigenvalue weighted by Crippen LogP contribution is 2.24. The fourth-order valence-corrected chi connectivity index (χ4v) is 4.25. The van der Waals surface area contributed by atoms with Crippen LogP contribution in [0.5, 0.6) is 0 Å². The Morgan fingerprint density at radius 1 is 0.906 bits per heavy atom. The van der Waals surface area contributed by atoms with Crippen molar-refractivity contribution in [1.82, 2.24) is 15.0 Å². The van der Waals surface area contributed by atoms with E-state index in [1.54, 1.807) is 18.2 Å². The van der Waals surface area contributed by atoms with Crippen LogP contribution in [-0.2, 0) is 20.1 Å². The van der Waals surface area contributed by atoms with Crippen LogP contribution < -0.4 is 9.94 Å². The summed E-state index contributed by atoms with van der Waals surface area (Å²) < 4.78 is 56.5. The van der Waals surface area contributed by atoms with Crippen molar-refractivity contribution in [3.8, 4) is 22.8 Å². The number of hydrogen-bond donors (Lipinski definition) is 2. The van der Waals surface area contributed by atoms with Crippen LogP contribution in [-0.4, -0.2) is 36.4 Å². The summed E-state index contributed by atoms with van der Waals surface area (Å²) in [7, 11) is -8.40. The van der Waals surface area contributed by atoms with E-state index in [4.69, 9.17) is 5.14 Å². The molecular weight excluding hydrogens is 454 g/mol. The highest BCUT2D eigenvalue weighted by Gasteiger charge is 2.28. The number of primary sulfonamides is 1. The lowest BCUT2D eigenvalue weighted by Crippen LogP contribution is -2.43. The minimum absolute atomic E-state index is 0.0364. The number of aryl methyl sites for hydroxylation is 1. The van der Waals surface area contributed by atoms with Gasteiger partial charge >= 0.3 is 5.82 Å². The van der Waals surface area contributed by atoms with E-state index in [1.165, 1.54) is 52.1 Å². The van der Waals surface area contributed by atoms with Gasteiger partial charge in [-0.1, -0.05) is 29.8 Å². The van der Waals surface area contributed by atoms with Crippen LogP contribution in [0.1, 0.15) is 5.56 Å². The summed E-state index contributed by atoms with van der Waals surface area (Å²) in [5.41, 5.74) is 2.20. The first-order chi connectivity index (χ1) is 15.0. The van der Waals surface area contributed by atoms with E-state index in [9.17, 15) is 21.4 Å². The molecule has 0 saturated carbocycles. The largest absolute Gasteiger partial charge is 0.341 e. The summed E-state index contributed by atoms with van der Waals surface area (Å²) in [6, 6.07) is 18.8. The topological polar surface area (TPSA) is 149 Å². The second kappa shape index (κ2) is 7.91. The minimum atomic E-state index is -4.52. The minimum Gasteiger partial charge on any atom is -0.282 e.